The van der Waals surface area contributed by atoms with Crippen LogP contribution in [0, 0.1) is 0 Å². The van der Waals surface area contributed by atoms with Crippen LogP contribution in [0.1, 0.15) is 36.2 Å². The Balaban J connectivity index is 2.18. The van der Waals surface area contributed by atoms with Gasteiger partial charge in [-0.25, -0.2) is 4.98 Å². The van der Waals surface area contributed by atoms with E-state index in [1.54, 1.807) is 6.07 Å². The van der Waals surface area contributed by atoms with Gasteiger partial charge in [-0.1, -0.05) is 29.6 Å². The molecule has 2 rings (SSSR count). The van der Waals surface area contributed by atoms with Gasteiger partial charge in [-0.05, 0) is 25.0 Å². The summed E-state index contributed by atoms with van der Waals surface area (Å²) < 4.78 is 0. The summed E-state index contributed by atoms with van der Waals surface area (Å²) in [6.07, 6.45) is 4.56. The number of rotatable bonds is 3. The zero-order valence-corrected chi connectivity index (χ0v) is 11.0. The van der Waals surface area contributed by atoms with Crippen molar-refractivity contribution in [3.63, 3.8) is 0 Å². The summed E-state index contributed by atoms with van der Waals surface area (Å²) in [5.41, 5.74) is 5.19. The second-order valence-electron chi connectivity index (χ2n) is 4.59. The number of pyridine rings is 1. The van der Waals surface area contributed by atoms with Crippen LogP contribution >= 0.6 is 11.6 Å². The molecule has 1 aromatic heterocycles. The molecule has 1 fully saturated rings. The van der Waals surface area contributed by atoms with Gasteiger partial charge in [-0.2, -0.15) is 0 Å². The van der Waals surface area contributed by atoms with Crippen LogP contribution in [0.25, 0.3) is 0 Å². The number of carbonyl (C=O) groups excluding carboxylic acids is 1. The van der Waals surface area contributed by atoms with Gasteiger partial charge in [0.05, 0.1) is 5.02 Å². The number of hydrogen-bond acceptors (Lipinski definition) is 4. The molecule has 0 radical (unpaired) electrons. The molecule has 19 heavy (non-hydrogen) atoms. The van der Waals surface area contributed by atoms with Crippen molar-refractivity contribution >= 4 is 23.3 Å². The predicted octanol–water partition coefficient (Wildman–Crippen LogP) is 1.52. The lowest BCUT2D eigenvalue weighted by Crippen LogP contribution is -2.55. The first-order valence-corrected chi connectivity index (χ1v) is 6.37. The first-order valence-electron chi connectivity index (χ1n) is 5.99. The minimum atomic E-state index is -0.771. The number of oxime groups is 1. The highest BCUT2D eigenvalue weighted by molar-refractivity contribution is 6.30. The molecule has 102 valence electrons. The molecule has 0 unspecified atom stereocenters. The van der Waals surface area contributed by atoms with Crippen LogP contribution in [0.2, 0.25) is 5.02 Å². The molecule has 0 saturated heterocycles. The minimum absolute atomic E-state index is 0.0345. The molecule has 1 heterocycles. The molecule has 1 amide bonds. The quantitative estimate of drug-likeness (QED) is 0.339. The van der Waals surface area contributed by atoms with Crippen LogP contribution in [-0.2, 0) is 0 Å². The lowest BCUT2D eigenvalue weighted by Gasteiger charge is -2.28. The fourth-order valence-corrected chi connectivity index (χ4v) is 2.42. The first-order chi connectivity index (χ1) is 9.07. The van der Waals surface area contributed by atoms with Crippen LogP contribution in [0.3, 0.4) is 0 Å². The Morgan fingerprint density at radius 3 is 2.68 bits per heavy atom. The van der Waals surface area contributed by atoms with Gasteiger partial charge in [-0.3, -0.25) is 4.79 Å². The van der Waals surface area contributed by atoms with Gasteiger partial charge in [0, 0.05) is 6.20 Å². The van der Waals surface area contributed by atoms with Gasteiger partial charge in [-0.15, -0.1) is 0 Å². The van der Waals surface area contributed by atoms with E-state index < -0.39 is 5.54 Å². The summed E-state index contributed by atoms with van der Waals surface area (Å²) in [5.74, 6) is -0.322. The molecule has 1 aliphatic carbocycles. The summed E-state index contributed by atoms with van der Waals surface area (Å²) in [4.78, 5) is 16.1. The number of carbonyl (C=O) groups is 1. The van der Waals surface area contributed by atoms with Crippen molar-refractivity contribution in [2.75, 3.05) is 0 Å². The maximum absolute atomic E-state index is 12.1. The number of amidine groups is 1. The van der Waals surface area contributed by atoms with E-state index in [0.29, 0.717) is 17.9 Å². The van der Waals surface area contributed by atoms with Crippen molar-refractivity contribution in [1.29, 1.82) is 0 Å². The van der Waals surface area contributed by atoms with E-state index in [0.717, 1.165) is 12.8 Å². The largest absolute Gasteiger partial charge is 0.409 e. The van der Waals surface area contributed by atoms with Crippen molar-refractivity contribution in [2.24, 2.45) is 10.9 Å². The van der Waals surface area contributed by atoms with Crippen molar-refractivity contribution in [3.8, 4) is 0 Å². The van der Waals surface area contributed by atoms with Crippen LogP contribution in [0.4, 0.5) is 0 Å². The molecule has 1 aliphatic rings. The Kier molecular flexibility index (Phi) is 3.90. The number of amides is 1. The Morgan fingerprint density at radius 1 is 1.47 bits per heavy atom. The number of aromatic nitrogens is 1. The molecule has 6 nitrogen and oxygen atoms in total. The highest BCUT2D eigenvalue weighted by Crippen LogP contribution is 2.30. The Morgan fingerprint density at radius 2 is 2.16 bits per heavy atom. The lowest BCUT2D eigenvalue weighted by molar-refractivity contribution is 0.0917. The maximum Gasteiger partial charge on any atom is 0.270 e. The monoisotopic (exact) mass is 282 g/mol. The average Bonchev–Trinajstić information content (AvgIpc) is 2.88. The van der Waals surface area contributed by atoms with E-state index in [1.165, 1.54) is 12.3 Å². The molecular formula is C12H15ClN4O2. The van der Waals surface area contributed by atoms with Crippen molar-refractivity contribution in [1.82, 2.24) is 10.3 Å². The minimum Gasteiger partial charge on any atom is -0.409 e. The van der Waals surface area contributed by atoms with E-state index in [4.69, 9.17) is 22.5 Å². The van der Waals surface area contributed by atoms with E-state index in [1.807, 2.05) is 0 Å². The molecule has 1 saturated carbocycles. The van der Waals surface area contributed by atoms with E-state index in [-0.39, 0.29) is 17.4 Å². The van der Waals surface area contributed by atoms with Crippen LogP contribution in [-0.4, -0.2) is 27.5 Å². The number of nitrogens with zero attached hydrogens (tertiary/aromatic N) is 2. The third-order valence-electron chi connectivity index (χ3n) is 3.37. The third-order valence-corrected chi connectivity index (χ3v) is 3.59. The Labute approximate surface area is 115 Å². The van der Waals surface area contributed by atoms with Gasteiger partial charge < -0.3 is 16.3 Å². The molecule has 1 aromatic rings. The SMILES string of the molecule is NC(=NO)C1(NC(=O)c2ccc(Cl)cn2)CCCC1. The summed E-state index contributed by atoms with van der Waals surface area (Å²) in [6.45, 7) is 0. The number of nitrogens with two attached hydrogens (primary N) is 1. The topological polar surface area (TPSA) is 101 Å². The molecule has 0 spiro atoms. The zero-order valence-electron chi connectivity index (χ0n) is 10.3. The van der Waals surface area contributed by atoms with Gasteiger partial charge in [0.25, 0.3) is 5.91 Å². The molecule has 0 aromatic carbocycles. The highest BCUT2D eigenvalue weighted by Gasteiger charge is 2.40. The number of hydrogen-bond donors (Lipinski definition) is 3. The van der Waals surface area contributed by atoms with Crippen molar-refractivity contribution in [3.05, 3.63) is 29.0 Å². The summed E-state index contributed by atoms with van der Waals surface area (Å²) in [5, 5.41) is 15.2. The van der Waals surface area contributed by atoms with E-state index >= 15 is 0 Å². The summed E-state index contributed by atoms with van der Waals surface area (Å²) >= 11 is 5.72. The van der Waals surface area contributed by atoms with Crippen LogP contribution in [0.15, 0.2) is 23.5 Å². The average molecular weight is 283 g/mol. The zero-order chi connectivity index (χ0) is 13.9. The van der Waals surface area contributed by atoms with Gasteiger partial charge in [0.1, 0.15) is 11.2 Å². The molecule has 4 N–H and O–H groups in total. The maximum atomic E-state index is 12.1. The molecular weight excluding hydrogens is 268 g/mol. The van der Waals surface area contributed by atoms with E-state index in [2.05, 4.69) is 15.5 Å². The van der Waals surface area contributed by atoms with Crippen molar-refractivity contribution in [2.45, 2.75) is 31.2 Å². The lowest BCUT2D eigenvalue weighted by atomic mass is 9.96. The fraction of sp³-hybridized carbons (Fsp3) is 0.417. The van der Waals surface area contributed by atoms with E-state index in [9.17, 15) is 4.79 Å². The van der Waals surface area contributed by atoms with Gasteiger partial charge in [0.2, 0.25) is 0 Å². The normalized spacial score (nSPS) is 18.3. The van der Waals surface area contributed by atoms with Crippen LogP contribution in [0.5, 0.6) is 0 Å². The molecule has 0 aliphatic heterocycles. The second kappa shape index (κ2) is 5.44. The summed E-state index contributed by atoms with van der Waals surface area (Å²) in [6, 6.07) is 3.13. The van der Waals surface area contributed by atoms with Crippen molar-refractivity contribution < 1.29 is 10.0 Å². The first kappa shape index (κ1) is 13.6. The summed E-state index contributed by atoms with van der Waals surface area (Å²) in [7, 11) is 0. The highest BCUT2D eigenvalue weighted by atomic mass is 35.5. The second-order valence-corrected chi connectivity index (χ2v) is 5.03. The molecule has 0 atom stereocenters. The predicted molar refractivity (Wildman–Crippen MR) is 71.3 cm³/mol. The molecule has 0 bridgehead atoms. The van der Waals surface area contributed by atoms with Gasteiger partial charge in [0.15, 0.2) is 5.84 Å². The smallest absolute Gasteiger partial charge is 0.270 e. The Bertz CT molecular complexity index is 495. The van der Waals surface area contributed by atoms with Gasteiger partial charge >= 0.3 is 0 Å². The molecule has 7 heteroatoms. The third kappa shape index (κ3) is 2.78. The number of halogens is 1. The fourth-order valence-electron chi connectivity index (χ4n) is 2.31. The Hall–Kier alpha value is -1.82. The number of nitrogens with one attached hydrogen (secondary N) is 1. The standard InChI is InChI=1S/C12H15ClN4O2/c13-8-3-4-9(15-7-8)10(18)16-12(11(14)17-19)5-1-2-6-12/h3-4,7,19H,1-2,5-6H2,(H2,14,17)(H,16,18). The van der Waals surface area contributed by atoms with Crippen LogP contribution < -0.4 is 11.1 Å².